The van der Waals surface area contributed by atoms with E-state index < -0.39 is 0 Å². The lowest BCUT2D eigenvalue weighted by Crippen LogP contribution is -2.25. The summed E-state index contributed by atoms with van der Waals surface area (Å²) in [6.45, 7) is 7.34. The molecule has 3 heteroatoms. The van der Waals surface area contributed by atoms with Crippen LogP contribution < -0.4 is 10.1 Å². The fourth-order valence-electron chi connectivity index (χ4n) is 2.02. The molecule has 0 amide bonds. The second-order valence-electron chi connectivity index (χ2n) is 4.44. The van der Waals surface area contributed by atoms with Crippen LogP contribution in [0.4, 0.5) is 0 Å². The number of ketones is 1. The van der Waals surface area contributed by atoms with Crippen molar-refractivity contribution >= 4 is 5.78 Å². The fourth-order valence-corrected chi connectivity index (χ4v) is 2.02. The molecule has 0 fully saturated rings. The van der Waals surface area contributed by atoms with Gasteiger partial charge < -0.3 is 10.1 Å². The molecule has 0 saturated heterocycles. The standard InChI is InChI=1S/C15H23NO2/c1-5-12(10-16-4)15(17)13-7-8-14(18-6-2)11(3)9-13/h7-9,12,16H,5-6,10H2,1-4H3. The Kier molecular flexibility index (Phi) is 5.86. The number of hydrogen-bond acceptors (Lipinski definition) is 3. The Balaban J connectivity index is 2.89. The topological polar surface area (TPSA) is 38.3 Å². The average Bonchev–Trinajstić information content (AvgIpc) is 2.37. The van der Waals surface area contributed by atoms with E-state index >= 15 is 0 Å². The third-order valence-corrected chi connectivity index (χ3v) is 3.07. The van der Waals surface area contributed by atoms with Gasteiger partial charge in [-0.2, -0.15) is 0 Å². The first-order valence-electron chi connectivity index (χ1n) is 6.56. The molecule has 1 rings (SSSR count). The molecule has 0 heterocycles. The number of rotatable bonds is 7. The van der Waals surface area contributed by atoms with Crippen molar-refractivity contribution in [1.82, 2.24) is 5.32 Å². The van der Waals surface area contributed by atoms with Crippen LogP contribution in [0.3, 0.4) is 0 Å². The molecular weight excluding hydrogens is 226 g/mol. The lowest BCUT2D eigenvalue weighted by Gasteiger charge is -2.14. The van der Waals surface area contributed by atoms with E-state index in [-0.39, 0.29) is 11.7 Å². The monoisotopic (exact) mass is 249 g/mol. The van der Waals surface area contributed by atoms with E-state index in [9.17, 15) is 4.79 Å². The van der Waals surface area contributed by atoms with Gasteiger partial charge in [-0.15, -0.1) is 0 Å². The van der Waals surface area contributed by atoms with Gasteiger partial charge in [0, 0.05) is 18.0 Å². The van der Waals surface area contributed by atoms with Crippen LogP contribution in [0.15, 0.2) is 18.2 Å². The van der Waals surface area contributed by atoms with E-state index in [1.54, 1.807) is 0 Å². The van der Waals surface area contributed by atoms with Gasteiger partial charge in [0.2, 0.25) is 0 Å². The Bertz CT molecular complexity index is 401. The minimum absolute atomic E-state index is 0.0485. The summed E-state index contributed by atoms with van der Waals surface area (Å²) in [5, 5.41) is 3.07. The van der Waals surface area contributed by atoms with Crippen molar-refractivity contribution in [2.45, 2.75) is 27.2 Å². The Labute approximate surface area is 110 Å². The smallest absolute Gasteiger partial charge is 0.167 e. The normalized spacial score (nSPS) is 12.2. The molecule has 0 aromatic heterocycles. The molecule has 1 aromatic rings. The summed E-state index contributed by atoms with van der Waals surface area (Å²) in [7, 11) is 1.87. The quantitative estimate of drug-likeness (QED) is 0.755. The van der Waals surface area contributed by atoms with Gasteiger partial charge in [0.15, 0.2) is 5.78 Å². The molecule has 0 aliphatic carbocycles. The Hall–Kier alpha value is -1.35. The molecule has 0 spiro atoms. The number of nitrogens with one attached hydrogen (secondary N) is 1. The second-order valence-corrected chi connectivity index (χ2v) is 4.44. The fraction of sp³-hybridized carbons (Fsp3) is 0.533. The van der Waals surface area contributed by atoms with Crippen LogP contribution in [-0.4, -0.2) is 26.0 Å². The minimum Gasteiger partial charge on any atom is -0.494 e. The molecule has 1 N–H and O–H groups in total. The van der Waals surface area contributed by atoms with Crippen LogP contribution in [0.2, 0.25) is 0 Å². The number of Topliss-reactive ketones (excluding diaryl/α,β-unsaturated/α-hetero) is 1. The van der Waals surface area contributed by atoms with Gasteiger partial charge in [-0.1, -0.05) is 6.92 Å². The number of carbonyl (C=O) groups is 1. The third-order valence-electron chi connectivity index (χ3n) is 3.07. The maximum atomic E-state index is 12.3. The van der Waals surface area contributed by atoms with Crippen molar-refractivity contribution in [2.75, 3.05) is 20.2 Å². The van der Waals surface area contributed by atoms with Gasteiger partial charge in [-0.25, -0.2) is 0 Å². The first-order chi connectivity index (χ1) is 8.63. The SMILES string of the molecule is CCOc1ccc(C(=O)C(CC)CNC)cc1C. The molecule has 100 valence electrons. The van der Waals surface area contributed by atoms with Crippen LogP contribution in [0.25, 0.3) is 0 Å². The number of ether oxygens (including phenoxy) is 1. The molecule has 18 heavy (non-hydrogen) atoms. The summed E-state index contributed by atoms with van der Waals surface area (Å²) in [4.78, 5) is 12.3. The van der Waals surface area contributed by atoms with Crippen LogP contribution in [-0.2, 0) is 0 Å². The van der Waals surface area contributed by atoms with E-state index in [1.165, 1.54) is 0 Å². The molecular formula is C15H23NO2. The predicted molar refractivity (Wildman–Crippen MR) is 74.4 cm³/mol. The molecule has 0 bridgehead atoms. The van der Waals surface area contributed by atoms with E-state index in [2.05, 4.69) is 5.32 Å². The summed E-state index contributed by atoms with van der Waals surface area (Å²) in [5.74, 6) is 1.11. The molecule has 0 saturated carbocycles. The van der Waals surface area contributed by atoms with E-state index in [4.69, 9.17) is 4.74 Å². The average molecular weight is 249 g/mol. The lowest BCUT2D eigenvalue weighted by molar-refractivity contribution is 0.0916. The van der Waals surface area contributed by atoms with Crippen molar-refractivity contribution in [3.8, 4) is 5.75 Å². The highest BCUT2D eigenvalue weighted by atomic mass is 16.5. The molecule has 0 aliphatic rings. The largest absolute Gasteiger partial charge is 0.494 e. The van der Waals surface area contributed by atoms with Crippen molar-refractivity contribution in [3.05, 3.63) is 29.3 Å². The van der Waals surface area contributed by atoms with Crippen LogP contribution >= 0.6 is 0 Å². The van der Waals surface area contributed by atoms with Gasteiger partial charge in [-0.3, -0.25) is 4.79 Å². The molecule has 0 aliphatic heterocycles. The highest BCUT2D eigenvalue weighted by Gasteiger charge is 2.18. The van der Waals surface area contributed by atoms with E-state index in [1.807, 2.05) is 46.0 Å². The summed E-state index contributed by atoms with van der Waals surface area (Å²) in [6.07, 6.45) is 0.853. The zero-order chi connectivity index (χ0) is 13.5. The summed E-state index contributed by atoms with van der Waals surface area (Å²) in [5.41, 5.74) is 1.79. The minimum atomic E-state index is 0.0485. The number of carbonyl (C=O) groups excluding carboxylic acids is 1. The number of hydrogen-bond donors (Lipinski definition) is 1. The first-order valence-corrected chi connectivity index (χ1v) is 6.56. The zero-order valence-electron chi connectivity index (χ0n) is 11.7. The van der Waals surface area contributed by atoms with Crippen LogP contribution in [0.5, 0.6) is 5.75 Å². The molecule has 1 unspecified atom stereocenters. The van der Waals surface area contributed by atoms with Crippen LogP contribution in [0, 0.1) is 12.8 Å². The van der Waals surface area contributed by atoms with E-state index in [0.29, 0.717) is 6.61 Å². The highest BCUT2D eigenvalue weighted by Crippen LogP contribution is 2.21. The van der Waals surface area contributed by atoms with E-state index in [0.717, 1.165) is 29.8 Å². The second kappa shape index (κ2) is 7.17. The van der Waals surface area contributed by atoms with Gasteiger partial charge >= 0.3 is 0 Å². The zero-order valence-corrected chi connectivity index (χ0v) is 11.7. The number of aryl methyl sites for hydroxylation is 1. The van der Waals surface area contributed by atoms with Gasteiger partial charge in [-0.05, 0) is 51.1 Å². The summed E-state index contributed by atoms with van der Waals surface area (Å²) in [6, 6.07) is 5.67. The summed E-state index contributed by atoms with van der Waals surface area (Å²) >= 11 is 0. The van der Waals surface area contributed by atoms with Crippen molar-refractivity contribution in [2.24, 2.45) is 5.92 Å². The molecule has 3 nitrogen and oxygen atoms in total. The van der Waals surface area contributed by atoms with Crippen molar-refractivity contribution in [3.63, 3.8) is 0 Å². The third kappa shape index (κ3) is 3.57. The molecule has 1 atom stereocenters. The maximum Gasteiger partial charge on any atom is 0.167 e. The molecule has 1 aromatic carbocycles. The lowest BCUT2D eigenvalue weighted by atomic mass is 9.94. The van der Waals surface area contributed by atoms with Gasteiger partial charge in [0.25, 0.3) is 0 Å². The van der Waals surface area contributed by atoms with Gasteiger partial charge in [0.1, 0.15) is 5.75 Å². The Morgan fingerprint density at radius 1 is 1.39 bits per heavy atom. The highest BCUT2D eigenvalue weighted by molar-refractivity contribution is 5.98. The predicted octanol–water partition coefficient (Wildman–Crippen LogP) is 2.82. The Morgan fingerprint density at radius 2 is 2.11 bits per heavy atom. The maximum absolute atomic E-state index is 12.3. The summed E-state index contributed by atoms with van der Waals surface area (Å²) < 4.78 is 5.48. The Morgan fingerprint density at radius 3 is 2.61 bits per heavy atom. The molecule has 0 radical (unpaired) electrons. The first kappa shape index (κ1) is 14.7. The van der Waals surface area contributed by atoms with Gasteiger partial charge in [0.05, 0.1) is 6.61 Å². The van der Waals surface area contributed by atoms with Crippen molar-refractivity contribution < 1.29 is 9.53 Å². The van der Waals surface area contributed by atoms with Crippen LogP contribution in [0.1, 0.15) is 36.2 Å². The number of benzene rings is 1. The van der Waals surface area contributed by atoms with Crippen molar-refractivity contribution in [1.29, 1.82) is 0 Å².